The minimum absolute atomic E-state index is 0.0341. The molecule has 1 N–H and O–H groups in total. The highest BCUT2D eigenvalue weighted by Gasteiger charge is 2.18. The molecule has 0 fully saturated rings. The largest absolute Gasteiger partial charge is 0.494 e. The molecule has 0 aliphatic carbocycles. The molecule has 0 aliphatic heterocycles. The van der Waals surface area contributed by atoms with Gasteiger partial charge in [0.2, 0.25) is 0 Å². The van der Waals surface area contributed by atoms with Crippen LogP contribution in [-0.4, -0.2) is 19.1 Å². The number of rotatable bonds is 7. The van der Waals surface area contributed by atoms with E-state index in [0.717, 1.165) is 23.4 Å². The molecule has 134 valence electrons. The first-order valence-electron chi connectivity index (χ1n) is 8.65. The number of carbonyl (C=O) groups is 1. The normalized spacial score (nSPS) is 11.0. The van der Waals surface area contributed by atoms with Crippen LogP contribution in [0.2, 0.25) is 0 Å². The zero-order valence-corrected chi connectivity index (χ0v) is 15.5. The Morgan fingerprint density at radius 2 is 1.56 bits per heavy atom. The lowest BCUT2D eigenvalue weighted by molar-refractivity contribution is -0.118. The number of hydrogen-bond acceptors (Lipinski definition) is 3. The summed E-state index contributed by atoms with van der Waals surface area (Å²) in [4.78, 5) is 12.2. The van der Waals surface area contributed by atoms with Gasteiger partial charge in [0.15, 0.2) is 6.61 Å². The molecule has 0 saturated heterocycles. The summed E-state index contributed by atoms with van der Waals surface area (Å²) in [5.41, 5.74) is 1.88. The highest BCUT2D eigenvalue weighted by Crippen LogP contribution is 2.29. The summed E-state index contributed by atoms with van der Waals surface area (Å²) in [7, 11) is 0. The number of nitrogens with one attached hydrogen (secondary N) is 1. The maximum atomic E-state index is 12.2. The van der Waals surface area contributed by atoms with Gasteiger partial charge in [0.1, 0.15) is 11.5 Å². The Balaban J connectivity index is 1.91. The maximum Gasteiger partial charge on any atom is 0.262 e. The smallest absolute Gasteiger partial charge is 0.262 e. The number of para-hydroxylation sites is 1. The van der Waals surface area contributed by atoms with Gasteiger partial charge < -0.3 is 14.8 Å². The van der Waals surface area contributed by atoms with Crippen molar-refractivity contribution in [2.75, 3.05) is 18.5 Å². The van der Waals surface area contributed by atoms with Gasteiger partial charge >= 0.3 is 0 Å². The Kier molecular flexibility index (Phi) is 6.45. The lowest BCUT2D eigenvalue weighted by Crippen LogP contribution is -2.23. The van der Waals surface area contributed by atoms with Crippen molar-refractivity contribution in [1.29, 1.82) is 0 Å². The molecule has 2 aromatic rings. The van der Waals surface area contributed by atoms with Crippen molar-refractivity contribution in [2.24, 2.45) is 0 Å². The van der Waals surface area contributed by atoms with Crippen molar-refractivity contribution < 1.29 is 14.3 Å². The molecule has 0 aliphatic rings. The first-order valence-corrected chi connectivity index (χ1v) is 8.65. The van der Waals surface area contributed by atoms with E-state index in [9.17, 15) is 4.79 Å². The number of hydrogen-bond donors (Lipinski definition) is 1. The Labute approximate surface area is 150 Å². The average molecular weight is 341 g/mol. The molecule has 4 heteroatoms. The van der Waals surface area contributed by atoms with Crippen LogP contribution in [-0.2, 0) is 10.2 Å². The van der Waals surface area contributed by atoms with E-state index in [1.165, 1.54) is 0 Å². The van der Waals surface area contributed by atoms with Gasteiger partial charge in [0.25, 0.3) is 5.91 Å². The summed E-state index contributed by atoms with van der Waals surface area (Å²) in [5.74, 6) is 1.27. The molecule has 0 aromatic heterocycles. The molecule has 0 heterocycles. The standard InChI is InChI=1S/C21H27NO3/c1-5-14-24-16-10-12-17(13-11-16)25-15-20(23)22-19-9-7-6-8-18(19)21(2,3)4/h6-13H,5,14-15H2,1-4H3,(H,22,23). The van der Waals surface area contributed by atoms with Gasteiger partial charge in [-0.2, -0.15) is 0 Å². The SMILES string of the molecule is CCCOc1ccc(OCC(=O)Nc2ccccc2C(C)(C)C)cc1. The Morgan fingerprint density at radius 1 is 0.960 bits per heavy atom. The predicted octanol–water partition coefficient (Wildman–Crippen LogP) is 4.79. The van der Waals surface area contributed by atoms with Crippen LogP contribution in [0.3, 0.4) is 0 Å². The number of anilines is 1. The second-order valence-electron chi connectivity index (χ2n) is 6.95. The van der Waals surface area contributed by atoms with Crippen molar-refractivity contribution in [3.8, 4) is 11.5 Å². The lowest BCUT2D eigenvalue weighted by atomic mass is 9.86. The van der Waals surface area contributed by atoms with E-state index in [-0.39, 0.29) is 17.9 Å². The van der Waals surface area contributed by atoms with Crippen LogP contribution in [0.1, 0.15) is 39.7 Å². The molecule has 0 bridgehead atoms. The molecule has 0 radical (unpaired) electrons. The zero-order valence-electron chi connectivity index (χ0n) is 15.5. The van der Waals surface area contributed by atoms with E-state index in [0.29, 0.717) is 12.4 Å². The summed E-state index contributed by atoms with van der Waals surface area (Å²) in [6, 6.07) is 15.2. The Bertz CT molecular complexity index is 687. The average Bonchev–Trinajstić information content (AvgIpc) is 2.58. The zero-order chi connectivity index (χ0) is 18.3. The molecule has 0 saturated carbocycles. The number of carbonyl (C=O) groups excluding carboxylic acids is 1. The van der Waals surface area contributed by atoms with Crippen molar-refractivity contribution >= 4 is 11.6 Å². The fraction of sp³-hybridized carbons (Fsp3) is 0.381. The van der Waals surface area contributed by atoms with Crippen LogP contribution < -0.4 is 14.8 Å². The van der Waals surface area contributed by atoms with Crippen LogP contribution in [0.4, 0.5) is 5.69 Å². The van der Waals surface area contributed by atoms with E-state index < -0.39 is 0 Å². The second kappa shape index (κ2) is 8.56. The molecule has 2 rings (SSSR count). The molecule has 0 spiro atoms. The molecule has 0 unspecified atom stereocenters. The molecule has 1 amide bonds. The van der Waals surface area contributed by atoms with Crippen LogP contribution in [0.15, 0.2) is 48.5 Å². The van der Waals surface area contributed by atoms with Crippen LogP contribution in [0, 0.1) is 0 Å². The van der Waals surface area contributed by atoms with Gasteiger partial charge in [-0.15, -0.1) is 0 Å². The van der Waals surface area contributed by atoms with E-state index in [2.05, 4.69) is 33.0 Å². The highest BCUT2D eigenvalue weighted by atomic mass is 16.5. The molecular weight excluding hydrogens is 314 g/mol. The second-order valence-corrected chi connectivity index (χ2v) is 6.95. The van der Waals surface area contributed by atoms with E-state index in [1.54, 1.807) is 12.1 Å². The first kappa shape index (κ1) is 18.8. The first-order chi connectivity index (χ1) is 11.9. The van der Waals surface area contributed by atoms with Crippen LogP contribution >= 0.6 is 0 Å². The van der Waals surface area contributed by atoms with Gasteiger partial charge in [0.05, 0.1) is 6.61 Å². The molecular formula is C21H27NO3. The monoisotopic (exact) mass is 341 g/mol. The van der Waals surface area contributed by atoms with Crippen molar-refractivity contribution in [2.45, 2.75) is 39.5 Å². The third kappa shape index (κ3) is 5.82. The van der Waals surface area contributed by atoms with Crippen molar-refractivity contribution in [3.63, 3.8) is 0 Å². The number of amides is 1. The summed E-state index contributed by atoms with van der Waals surface area (Å²) >= 11 is 0. The van der Waals surface area contributed by atoms with Gasteiger partial charge in [-0.1, -0.05) is 45.9 Å². The van der Waals surface area contributed by atoms with E-state index in [4.69, 9.17) is 9.47 Å². The van der Waals surface area contributed by atoms with Crippen molar-refractivity contribution in [1.82, 2.24) is 0 Å². The third-order valence-corrected chi connectivity index (χ3v) is 3.68. The lowest BCUT2D eigenvalue weighted by Gasteiger charge is -2.23. The summed E-state index contributed by atoms with van der Waals surface area (Å²) in [6.45, 7) is 9.08. The van der Waals surface area contributed by atoms with Gasteiger partial charge in [-0.3, -0.25) is 4.79 Å². The fourth-order valence-corrected chi connectivity index (χ4v) is 2.43. The van der Waals surface area contributed by atoms with Crippen LogP contribution in [0.5, 0.6) is 11.5 Å². The van der Waals surface area contributed by atoms with Crippen LogP contribution in [0.25, 0.3) is 0 Å². The summed E-state index contributed by atoms with van der Waals surface area (Å²) in [5, 5.41) is 2.94. The Morgan fingerprint density at radius 3 is 2.16 bits per heavy atom. The van der Waals surface area contributed by atoms with Gasteiger partial charge in [-0.25, -0.2) is 0 Å². The molecule has 25 heavy (non-hydrogen) atoms. The van der Waals surface area contributed by atoms with Crippen molar-refractivity contribution in [3.05, 3.63) is 54.1 Å². The minimum Gasteiger partial charge on any atom is -0.494 e. The predicted molar refractivity (Wildman–Crippen MR) is 101 cm³/mol. The van der Waals surface area contributed by atoms with Gasteiger partial charge in [-0.05, 0) is 47.7 Å². The number of ether oxygens (including phenoxy) is 2. The quantitative estimate of drug-likeness (QED) is 0.787. The molecule has 4 nitrogen and oxygen atoms in total. The Hall–Kier alpha value is -2.49. The topological polar surface area (TPSA) is 47.6 Å². The molecule has 2 aromatic carbocycles. The molecule has 0 atom stereocenters. The number of benzene rings is 2. The van der Waals surface area contributed by atoms with Gasteiger partial charge in [0, 0.05) is 5.69 Å². The fourth-order valence-electron chi connectivity index (χ4n) is 2.43. The highest BCUT2D eigenvalue weighted by molar-refractivity contribution is 5.92. The maximum absolute atomic E-state index is 12.2. The van der Waals surface area contributed by atoms with E-state index >= 15 is 0 Å². The minimum atomic E-state index is -0.178. The van der Waals surface area contributed by atoms with E-state index in [1.807, 2.05) is 36.4 Å². The summed E-state index contributed by atoms with van der Waals surface area (Å²) in [6.07, 6.45) is 0.967. The third-order valence-electron chi connectivity index (χ3n) is 3.68. The summed E-state index contributed by atoms with van der Waals surface area (Å²) < 4.78 is 11.1.